The molecule has 206 valence electrons. The van der Waals surface area contributed by atoms with Crippen molar-refractivity contribution in [1.29, 1.82) is 0 Å². The summed E-state index contributed by atoms with van der Waals surface area (Å²) >= 11 is 0. The van der Waals surface area contributed by atoms with Gasteiger partial charge in [0, 0.05) is 17.8 Å². The molecule has 1 aliphatic heterocycles. The molecule has 2 aliphatic carbocycles. The highest BCUT2D eigenvalue weighted by molar-refractivity contribution is 5.92. The van der Waals surface area contributed by atoms with Crippen molar-refractivity contribution in [2.75, 3.05) is 0 Å². The molecule has 0 bridgehead atoms. The molecule has 1 aromatic carbocycles. The maximum absolute atomic E-state index is 14.0. The molecular weight excluding hydrogens is 488 g/mol. The van der Waals surface area contributed by atoms with Crippen LogP contribution < -0.4 is 0 Å². The van der Waals surface area contributed by atoms with Crippen molar-refractivity contribution in [3.8, 4) is 0 Å². The maximum Gasteiger partial charge on any atom is 0.326 e. The van der Waals surface area contributed by atoms with Gasteiger partial charge in [-0.25, -0.2) is 4.98 Å². The van der Waals surface area contributed by atoms with E-state index >= 15 is 0 Å². The number of benzene rings is 1. The van der Waals surface area contributed by atoms with Crippen LogP contribution in [0.1, 0.15) is 53.9 Å². The molecule has 5 rings (SSSR count). The van der Waals surface area contributed by atoms with Crippen molar-refractivity contribution in [1.82, 2.24) is 9.55 Å². The third-order valence-corrected chi connectivity index (χ3v) is 9.81. The van der Waals surface area contributed by atoms with E-state index in [1.807, 2.05) is 38.1 Å². The number of ether oxygens (including phenoxy) is 2. The van der Waals surface area contributed by atoms with E-state index in [1.54, 1.807) is 18.4 Å². The van der Waals surface area contributed by atoms with Crippen molar-refractivity contribution in [3.05, 3.63) is 43.2 Å². The minimum atomic E-state index is -2.25. The predicted octanol–water partition coefficient (Wildman–Crippen LogP) is 2.55. The molecule has 1 aromatic heterocycles. The Labute approximate surface area is 222 Å². The number of aliphatic hydroxyl groups is 3. The van der Waals surface area contributed by atoms with Crippen LogP contribution >= 0.6 is 0 Å². The molecule has 0 spiro atoms. The molecule has 0 radical (unpaired) electrons. The van der Waals surface area contributed by atoms with Crippen LogP contribution in [0.2, 0.25) is 0 Å². The van der Waals surface area contributed by atoms with Gasteiger partial charge in [-0.3, -0.25) is 9.59 Å². The van der Waals surface area contributed by atoms with Gasteiger partial charge in [-0.2, -0.15) is 0 Å². The second-order valence-electron chi connectivity index (χ2n) is 12.6. The lowest BCUT2D eigenvalue weighted by Crippen LogP contribution is -2.86. The Hall–Kier alpha value is -2.59. The molecule has 38 heavy (non-hydrogen) atoms. The molecule has 3 N–H and O–H groups in total. The molecule has 2 saturated carbocycles. The zero-order valence-corrected chi connectivity index (χ0v) is 22.7. The van der Waals surface area contributed by atoms with Gasteiger partial charge in [-0.15, -0.1) is 6.58 Å². The first-order valence-corrected chi connectivity index (χ1v) is 13.2. The molecule has 3 aliphatic rings. The zero-order chi connectivity index (χ0) is 27.9. The summed E-state index contributed by atoms with van der Waals surface area (Å²) in [6.07, 6.45) is -0.0820. The number of imidazole rings is 1. The van der Waals surface area contributed by atoms with Crippen LogP contribution in [-0.4, -0.2) is 71.7 Å². The highest BCUT2D eigenvalue weighted by atomic mass is 16.6. The maximum atomic E-state index is 14.0. The van der Waals surface area contributed by atoms with Crippen molar-refractivity contribution < 1.29 is 34.4 Å². The number of carbonyl (C=O) groups is 2. The van der Waals surface area contributed by atoms with Crippen molar-refractivity contribution >= 4 is 22.8 Å². The summed E-state index contributed by atoms with van der Waals surface area (Å²) in [5.41, 5.74) is -5.91. The molecule has 9 heteroatoms. The van der Waals surface area contributed by atoms with E-state index in [1.165, 1.54) is 19.3 Å². The number of carbonyl (C=O) groups excluding carboxylic acids is 2. The molecule has 0 amide bonds. The normalized spacial score (nSPS) is 42.3. The number of hydrogen-bond donors (Lipinski definition) is 3. The highest BCUT2D eigenvalue weighted by Crippen LogP contribution is 2.67. The first-order chi connectivity index (χ1) is 17.6. The Bertz CT molecular complexity index is 1300. The fourth-order valence-corrected chi connectivity index (χ4v) is 7.93. The number of ketones is 1. The zero-order valence-electron chi connectivity index (χ0n) is 22.7. The first-order valence-electron chi connectivity index (χ1n) is 13.2. The van der Waals surface area contributed by atoms with Gasteiger partial charge in [0.05, 0.1) is 35.2 Å². The van der Waals surface area contributed by atoms with Crippen molar-refractivity contribution in [3.63, 3.8) is 0 Å². The number of Topliss-reactive ketones (excluding diaryl/α,β-unsaturated/α-hetero) is 1. The van der Waals surface area contributed by atoms with E-state index in [0.29, 0.717) is 12.8 Å². The van der Waals surface area contributed by atoms with Crippen LogP contribution in [-0.2, 0) is 25.6 Å². The number of para-hydroxylation sites is 2. The number of hydrogen-bond acceptors (Lipinski definition) is 8. The highest BCUT2D eigenvalue weighted by Gasteiger charge is 2.81. The summed E-state index contributed by atoms with van der Waals surface area (Å²) < 4.78 is 14.1. The number of rotatable bonds is 4. The second-order valence-corrected chi connectivity index (χ2v) is 12.6. The summed E-state index contributed by atoms with van der Waals surface area (Å²) in [5, 5.41) is 35.8. The Balaban J connectivity index is 1.61. The van der Waals surface area contributed by atoms with Crippen LogP contribution in [0.3, 0.4) is 0 Å². The standard InChI is InChI=1S/C29H38N2O7/c1-7-26(4)14-20(33)29(36)27(5)19(32)12-13-25(2,3)23(27)22(35)24(28(29,6)38-26)37-21(34)15-31-16-30-17-10-8-9-11-18(17)31/h7-11,16,19,22-24,32,35-36H,1,12-15H2,2-6H3/t19-,22?,23?,24?,26-,27?,28+,29-/m0/s1. The van der Waals surface area contributed by atoms with E-state index in [2.05, 4.69) is 11.6 Å². The average Bonchev–Trinajstić information content (AvgIpc) is 3.25. The van der Waals surface area contributed by atoms with Gasteiger partial charge in [-0.05, 0) is 44.2 Å². The monoisotopic (exact) mass is 526 g/mol. The van der Waals surface area contributed by atoms with Gasteiger partial charge in [0.1, 0.15) is 12.1 Å². The molecule has 2 aromatic rings. The Morgan fingerprint density at radius 1 is 1.24 bits per heavy atom. The van der Waals surface area contributed by atoms with Gasteiger partial charge in [0.15, 0.2) is 17.5 Å². The molecule has 9 nitrogen and oxygen atoms in total. The molecule has 4 unspecified atom stereocenters. The van der Waals surface area contributed by atoms with Gasteiger partial charge >= 0.3 is 5.97 Å². The number of aromatic nitrogens is 2. The molecule has 8 atom stereocenters. The van der Waals surface area contributed by atoms with Crippen LogP contribution in [0.15, 0.2) is 43.2 Å². The fourth-order valence-electron chi connectivity index (χ4n) is 7.93. The summed E-state index contributed by atoms with van der Waals surface area (Å²) in [6, 6.07) is 7.36. The fraction of sp³-hybridized carbons (Fsp3) is 0.621. The molecule has 2 heterocycles. The van der Waals surface area contributed by atoms with E-state index in [9.17, 15) is 24.9 Å². The van der Waals surface area contributed by atoms with E-state index in [0.717, 1.165) is 11.0 Å². The van der Waals surface area contributed by atoms with Crippen LogP contribution in [0.25, 0.3) is 11.0 Å². The molecule has 1 saturated heterocycles. The predicted molar refractivity (Wildman–Crippen MR) is 139 cm³/mol. The third-order valence-electron chi connectivity index (χ3n) is 9.81. The third kappa shape index (κ3) is 3.41. The van der Waals surface area contributed by atoms with Crippen molar-refractivity contribution in [2.45, 2.75) is 95.5 Å². The molecule has 3 fully saturated rings. The SMILES string of the molecule is C=C[C@@]1(C)CC(=O)[C@]2(O)C3(C)C(C(O)C(OC(=O)Cn4cnc5ccccc54)[C@@]2(C)O1)C(C)(C)CC[C@@H]3O. The van der Waals surface area contributed by atoms with Crippen LogP contribution in [0.4, 0.5) is 0 Å². The minimum Gasteiger partial charge on any atom is -0.455 e. The lowest BCUT2D eigenvalue weighted by atomic mass is 9.40. The topological polar surface area (TPSA) is 131 Å². The summed E-state index contributed by atoms with van der Waals surface area (Å²) in [7, 11) is 0. The van der Waals surface area contributed by atoms with Gasteiger partial charge in [-0.1, -0.05) is 39.0 Å². The summed E-state index contributed by atoms with van der Waals surface area (Å²) in [4.78, 5) is 31.7. The smallest absolute Gasteiger partial charge is 0.326 e. The van der Waals surface area contributed by atoms with Crippen molar-refractivity contribution in [2.24, 2.45) is 16.7 Å². The Morgan fingerprint density at radius 2 is 1.92 bits per heavy atom. The number of esters is 1. The Kier molecular flexibility index (Phi) is 6.00. The lowest BCUT2D eigenvalue weighted by Gasteiger charge is -2.71. The minimum absolute atomic E-state index is 0.171. The summed E-state index contributed by atoms with van der Waals surface area (Å²) in [6.45, 7) is 12.3. The van der Waals surface area contributed by atoms with Crippen LogP contribution in [0, 0.1) is 16.7 Å². The second kappa shape index (κ2) is 8.45. The van der Waals surface area contributed by atoms with Gasteiger partial charge < -0.3 is 29.4 Å². The average molecular weight is 527 g/mol. The Morgan fingerprint density at radius 3 is 2.61 bits per heavy atom. The van der Waals surface area contributed by atoms with E-state index in [-0.39, 0.29) is 13.0 Å². The lowest BCUT2D eigenvalue weighted by molar-refractivity contribution is -0.370. The molecular formula is C29H38N2O7. The van der Waals surface area contributed by atoms with E-state index < -0.39 is 63.6 Å². The first kappa shape index (κ1) is 27.0. The largest absolute Gasteiger partial charge is 0.455 e. The number of aliphatic hydroxyl groups excluding tert-OH is 2. The summed E-state index contributed by atoms with van der Waals surface area (Å²) in [5.74, 6) is -1.99. The number of nitrogens with zero attached hydrogens (tertiary/aromatic N) is 2. The van der Waals surface area contributed by atoms with Gasteiger partial charge in [0.25, 0.3) is 0 Å². The van der Waals surface area contributed by atoms with Gasteiger partial charge in [0.2, 0.25) is 0 Å². The van der Waals surface area contributed by atoms with Crippen LogP contribution in [0.5, 0.6) is 0 Å². The quantitative estimate of drug-likeness (QED) is 0.409. The van der Waals surface area contributed by atoms with E-state index in [4.69, 9.17) is 9.47 Å². The number of fused-ring (bicyclic) bond motifs is 4.